The summed E-state index contributed by atoms with van der Waals surface area (Å²) in [4.78, 5) is -1.10. The number of benzene rings is 1. The van der Waals surface area contributed by atoms with Gasteiger partial charge in [0.25, 0.3) is 0 Å². The molecule has 0 aliphatic carbocycles. The Morgan fingerprint density at radius 3 is 2.15 bits per heavy atom. The molecule has 0 unspecified atom stereocenters. The van der Waals surface area contributed by atoms with Gasteiger partial charge in [-0.3, -0.25) is 0 Å². The Balaban J connectivity index is 2.33. The number of rotatable bonds is 3. The van der Waals surface area contributed by atoms with Crippen LogP contribution in [0.15, 0.2) is 30.3 Å². The highest BCUT2D eigenvalue weighted by Crippen LogP contribution is 2.46. The van der Waals surface area contributed by atoms with E-state index in [1.54, 1.807) is 24.3 Å². The second-order valence-electron chi connectivity index (χ2n) is 4.20. The highest BCUT2D eigenvalue weighted by Gasteiger charge is 2.60. The molecule has 1 heterocycles. The van der Waals surface area contributed by atoms with Gasteiger partial charge in [0.15, 0.2) is 0 Å². The first-order valence-corrected chi connectivity index (χ1v) is 6.54. The van der Waals surface area contributed by atoms with E-state index in [-0.39, 0.29) is 17.2 Å². The van der Waals surface area contributed by atoms with Gasteiger partial charge in [0, 0.05) is 5.56 Å². The predicted octanol–water partition coefficient (Wildman–Crippen LogP) is 5.03. The van der Waals surface area contributed by atoms with Crippen molar-refractivity contribution in [1.29, 1.82) is 0 Å². The number of hydrogen-bond donors (Lipinski definition) is 0. The van der Waals surface area contributed by atoms with Crippen LogP contribution in [0, 0.1) is 0 Å². The maximum absolute atomic E-state index is 13.2. The average molecular weight is 307 g/mol. The zero-order chi connectivity index (χ0) is 15.0. The lowest BCUT2D eigenvalue weighted by molar-refractivity contribution is -0.287. The Morgan fingerprint density at radius 1 is 1.05 bits per heavy atom. The summed E-state index contributed by atoms with van der Waals surface area (Å²) in [5, 5.41) is 0. The molecule has 2 aromatic rings. The third kappa shape index (κ3) is 2.67. The van der Waals surface area contributed by atoms with Crippen LogP contribution >= 0.6 is 11.5 Å². The van der Waals surface area contributed by atoms with Crippen molar-refractivity contribution in [2.45, 2.75) is 25.4 Å². The lowest BCUT2D eigenvalue weighted by atomic mass is 10.1. The summed E-state index contributed by atoms with van der Waals surface area (Å²) in [6.45, 7) is 1.96. The molecule has 0 N–H and O–H groups in total. The van der Waals surface area contributed by atoms with Gasteiger partial charge in [-0.25, -0.2) is 0 Å². The maximum atomic E-state index is 13.2. The Bertz CT molecular complexity index is 586. The van der Waals surface area contributed by atoms with Crippen molar-refractivity contribution in [2.24, 2.45) is 0 Å². The first-order valence-electron chi connectivity index (χ1n) is 5.76. The third-order valence-electron chi connectivity index (χ3n) is 2.83. The van der Waals surface area contributed by atoms with Crippen molar-refractivity contribution < 1.29 is 22.0 Å². The molecule has 0 bridgehead atoms. The van der Waals surface area contributed by atoms with E-state index in [0.29, 0.717) is 5.56 Å². The number of nitrogens with zero attached hydrogens (tertiary/aromatic N) is 1. The predicted molar refractivity (Wildman–Crippen MR) is 66.9 cm³/mol. The van der Waals surface area contributed by atoms with E-state index in [1.165, 1.54) is 0 Å². The maximum Gasteiger partial charge on any atom is 0.459 e. The summed E-state index contributed by atoms with van der Waals surface area (Å²) >= 11 is 0.168. The second kappa shape index (κ2) is 5.12. The molecule has 0 fully saturated rings. The number of aryl methyl sites for hydroxylation is 1. The van der Waals surface area contributed by atoms with Gasteiger partial charge in [-0.1, -0.05) is 31.2 Å². The highest BCUT2D eigenvalue weighted by molar-refractivity contribution is 7.06. The van der Waals surface area contributed by atoms with Crippen LogP contribution in [0.4, 0.5) is 22.0 Å². The van der Waals surface area contributed by atoms with Crippen molar-refractivity contribution in [3.8, 4) is 11.3 Å². The van der Waals surface area contributed by atoms with Gasteiger partial charge in [0.1, 0.15) is 4.88 Å². The molecule has 0 aliphatic heterocycles. The zero-order valence-corrected chi connectivity index (χ0v) is 11.2. The average Bonchev–Trinajstić information content (AvgIpc) is 2.87. The number of halogens is 5. The van der Waals surface area contributed by atoms with E-state index in [0.717, 1.165) is 18.1 Å². The van der Waals surface area contributed by atoms with Gasteiger partial charge >= 0.3 is 12.1 Å². The Labute approximate surface area is 116 Å². The Kier molecular flexibility index (Phi) is 3.82. The Morgan fingerprint density at radius 2 is 1.65 bits per heavy atom. The molecule has 20 heavy (non-hydrogen) atoms. The minimum absolute atomic E-state index is 0.122. The quantitative estimate of drug-likeness (QED) is 0.725. The minimum Gasteiger partial charge on any atom is -0.192 e. The van der Waals surface area contributed by atoms with Crippen molar-refractivity contribution >= 4 is 11.5 Å². The first kappa shape index (κ1) is 14.9. The molecule has 0 atom stereocenters. The second-order valence-corrected chi connectivity index (χ2v) is 5.00. The summed E-state index contributed by atoms with van der Waals surface area (Å²) in [5.74, 6) is -4.87. The molecule has 0 saturated heterocycles. The van der Waals surface area contributed by atoms with Crippen molar-refractivity contribution in [3.63, 3.8) is 0 Å². The summed E-state index contributed by atoms with van der Waals surface area (Å²) < 4.78 is 66.8. The molecule has 0 amide bonds. The van der Waals surface area contributed by atoms with E-state index in [1.807, 2.05) is 6.92 Å². The van der Waals surface area contributed by atoms with Crippen LogP contribution in [0.1, 0.15) is 17.4 Å². The lowest BCUT2D eigenvalue weighted by Gasteiger charge is -2.16. The van der Waals surface area contributed by atoms with Crippen LogP contribution in [0.2, 0.25) is 0 Å². The summed E-state index contributed by atoms with van der Waals surface area (Å²) in [6.07, 6.45) is -4.79. The number of aromatic nitrogens is 1. The van der Waals surface area contributed by atoms with Gasteiger partial charge in [0.2, 0.25) is 0 Å². The standard InChI is InChI=1S/C13H10F5NS/c1-2-8-3-5-9(6-4-8)10-7-11(20-19-10)12(14,15)13(16,17)18/h3-7H,2H2,1H3. The molecule has 0 spiro atoms. The van der Waals surface area contributed by atoms with Gasteiger partial charge in [-0.15, -0.1) is 0 Å². The van der Waals surface area contributed by atoms with Crippen LogP contribution in [0.25, 0.3) is 11.3 Å². The molecule has 1 nitrogen and oxygen atoms in total. The van der Waals surface area contributed by atoms with Crippen molar-refractivity contribution in [1.82, 2.24) is 4.37 Å². The van der Waals surface area contributed by atoms with Crippen molar-refractivity contribution in [2.75, 3.05) is 0 Å². The fraction of sp³-hybridized carbons (Fsp3) is 0.308. The van der Waals surface area contributed by atoms with Crippen LogP contribution < -0.4 is 0 Å². The van der Waals surface area contributed by atoms with Crippen LogP contribution in [-0.4, -0.2) is 10.5 Å². The van der Waals surface area contributed by atoms with Gasteiger partial charge in [0.05, 0.1) is 5.69 Å². The largest absolute Gasteiger partial charge is 0.459 e. The SMILES string of the molecule is CCc1ccc(-c2cc(C(F)(F)C(F)(F)F)sn2)cc1. The van der Waals surface area contributed by atoms with Gasteiger partial charge in [-0.2, -0.15) is 26.3 Å². The molecule has 0 radical (unpaired) electrons. The van der Waals surface area contributed by atoms with Gasteiger partial charge in [-0.05, 0) is 29.6 Å². The summed E-state index contributed by atoms with van der Waals surface area (Å²) in [7, 11) is 0. The van der Waals surface area contributed by atoms with E-state index in [4.69, 9.17) is 0 Å². The van der Waals surface area contributed by atoms with Crippen LogP contribution in [-0.2, 0) is 12.3 Å². The topological polar surface area (TPSA) is 12.9 Å². The molecule has 7 heteroatoms. The molecule has 1 aromatic heterocycles. The molecule has 0 aliphatic rings. The third-order valence-corrected chi connectivity index (χ3v) is 3.69. The first-order chi connectivity index (χ1) is 9.25. The summed E-state index contributed by atoms with van der Waals surface area (Å²) in [6, 6.07) is 7.68. The van der Waals surface area contributed by atoms with E-state index < -0.39 is 17.0 Å². The molecule has 2 rings (SSSR count). The Hall–Kier alpha value is -1.50. The normalized spacial score (nSPS) is 12.7. The monoisotopic (exact) mass is 307 g/mol. The number of hydrogen-bond acceptors (Lipinski definition) is 2. The molecule has 1 aromatic carbocycles. The zero-order valence-electron chi connectivity index (χ0n) is 10.3. The fourth-order valence-electron chi connectivity index (χ4n) is 1.61. The molecular formula is C13H10F5NS. The van der Waals surface area contributed by atoms with Crippen LogP contribution in [0.3, 0.4) is 0 Å². The number of alkyl halides is 5. The van der Waals surface area contributed by atoms with E-state index in [2.05, 4.69) is 4.37 Å². The van der Waals surface area contributed by atoms with Crippen LogP contribution in [0.5, 0.6) is 0 Å². The van der Waals surface area contributed by atoms with E-state index in [9.17, 15) is 22.0 Å². The van der Waals surface area contributed by atoms with E-state index >= 15 is 0 Å². The fourth-order valence-corrected chi connectivity index (χ4v) is 2.36. The highest BCUT2D eigenvalue weighted by atomic mass is 32.1. The molecule has 108 valence electrons. The minimum atomic E-state index is -5.61. The molecular weight excluding hydrogens is 297 g/mol. The van der Waals surface area contributed by atoms with Gasteiger partial charge < -0.3 is 0 Å². The lowest BCUT2D eigenvalue weighted by Crippen LogP contribution is -2.32. The smallest absolute Gasteiger partial charge is 0.192 e. The van der Waals surface area contributed by atoms with Crippen molar-refractivity contribution in [3.05, 3.63) is 40.8 Å². The molecule has 0 saturated carbocycles. The summed E-state index contributed by atoms with van der Waals surface area (Å²) in [5.41, 5.74) is 1.68.